The summed E-state index contributed by atoms with van der Waals surface area (Å²) in [5.41, 5.74) is 3.13. The van der Waals surface area contributed by atoms with E-state index < -0.39 is 23.5 Å². The number of carbonyl (C=O) groups is 1. The molecule has 0 radical (unpaired) electrons. The Morgan fingerprint density at radius 2 is 1.71 bits per heavy atom. The first-order valence-corrected chi connectivity index (χ1v) is 11.3. The topological polar surface area (TPSA) is 69.9 Å². The molecule has 1 aromatic carbocycles. The van der Waals surface area contributed by atoms with Crippen LogP contribution >= 0.6 is 0 Å². The average molecular weight is 483 g/mol. The number of hydrazone groups is 1. The molecule has 3 aromatic rings. The van der Waals surface area contributed by atoms with Gasteiger partial charge in [0.1, 0.15) is 11.6 Å². The molecule has 1 atom stereocenters. The number of amides is 2. The van der Waals surface area contributed by atoms with Crippen LogP contribution in [0, 0.1) is 24.4 Å². The molecule has 0 bridgehead atoms. The van der Waals surface area contributed by atoms with E-state index in [0.717, 1.165) is 17.3 Å². The van der Waals surface area contributed by atoms with Gasteiger partial charge in [0.2, 0.25) is 0 Å². The zero-order chi connectivity index (χ0) is 24.7. The number of urea groups is 1. The predicted octanol–water partition coefficient (Wildman–Crippen LogP) is 3.88. The van der Waals surface area contributed by atoms with E-state index in [0.29, 0.717) is 49.5 Å². The Bertz CT molecular complexity index is 1260. The number of aromatic nitrogens is 3. The smallest absolute Gasteiger partial charge is 0.341 e. The number of hydrogen-bond acceptors (Lipinski definition) is 5. The van der Waals surface area contributed by atoms with Crippen molar-refractivity contribution in [2.24, 2.45) is 12.1 Å². The number of anilines is 1. The molecule has 2 amide bonds. The van der Waals surface area contributed by atoms with Crippen LogP contribution in [0.5, 0.6) is 0 Å². The quantitative estimate of drug-likeness (QED) is 0.567. The van der Waals surface area contributed by atoms with Crippen molar-refractivity contribution in [3.8, 4) is 11.4 Å². The van der Waals surface area contributed by atoms with E-state index in [1.54, 1.807) is 28.1 Å². The SMILES string of the molecule is Cc1cnn(C)c1-c1cc(N2CCN(C(=O)N3N=CC[C@H]3c3cc(F)cc(F)c3)CC2)c(F)cn1. The minimum absolute atomic E-state index is 0.344. The van der Waals surface area contributed by atoms with Crippen molar-refractivity contribution in [1.82, 2.24) is 24.7 Å². The number of hydrogen-bond donors (Lipinski definition) is 0. The van der Waals surface area contributed by atoms with Gasteiger partial charge in [0, 0.05) is 51.9 Å². The van der Waals surface area contributed by atoms with E-state index in [4.69, 9.17) is 0 Å². The van der Waals surface area contributed by atoms with Gasteiger partial charge in [0.15, 0.2) is 5.82 Å². The summed E-state index contributed by atoms with van der Waals surface area (Å²) in [6.07, 6.45) is 4.87. The third kappa shape index (κ3) is 4.33. The molecule has 5 rings (SSSR count). The highest BCUT2D eigenvalue weighted by molar-refractivity contribution is 5.79. The van der Waals surface area contributed by atoms with Crippen molar-refractivity contribution in [3.63, 3.8) is 0 Å². The Morgan fingerprint density at radius 3 is 2.37 bits per heavy atom. The van der Waals surface area contributed by atoms with Gasteiger partial charge in [-0.25, -0.2) is 23.0 Å². The summed E-state index contributed by atoms with van der Waals surface area (Å²) in [6.45, 7) is 3.43. The molecule has 2 aliphatic heterocycles. The second-order valence-corrected chi connectivity index (χ2v) is 8.67. The fourth-order valence-corrected chi connectivity index (χ4v) is 4.64. The molecule has 8 nitrogen and oxygen atoms in total. The molecule has 35 heavy (non-hydrogen) atoms. The zero-order valence-electron chi connectivity index (χ0n) is 19.3. The number of halogens is 3. The van der Waals surface area contributed by atoms with Gasteiger partial charge in [-0.15, -0.1) is 0 Å². The largest absolute Gasteiger partial charge is 0.366 e. The predicted molar refractivity (Wildman–Crippen MR) is 124 cm³/mol. The van der Waals surface area contributed by atoms with Crippen LogP contribution in [0.25, 0.3) is 11.4 Å². The maximum atomic E-state index is 14.7. The van der Waals surface area contributed by atoms with Crippen molar-refractivity contribution >= 4 is 17.9 Å². The Hall–Kier alpha value is -3.89. The van der Waals surface area contributed by atoms with Crippen LogP contribution in [0.2, 0.25) is 0 Å². The van der Waals surface area contributed by atoms with E-state index in [2.05, 4.69) is 15.2 Å². The van der Waals surface area contributed by atoms with Crippen LogP contribution < -0.4 is 4.90 Å². The van der Waals surface area contributed by atoms with Crippen molar-refractivity contribution in [3.05, 3.63) is 65.2 Å². The fraction of sp³-hybridized carbons (Fsp3) is 0.333. The maximum absolute atomic E-state index is 14.7. The van der Waals surface area contributed by atoms with Crippen molar-refractivity contribution in [2.75, 3.05) is 31.1 Å². The summed E-state index contributed by atoms with van der Waals surface area (Å²) in [7, 11) is 1.81. The lowest BCUT2D eigenvalue weighted by molar-refractivity contribution is 0.139. The first-order valence-electron chi connectivity index (χ1n) is 11.3. The van der Waals surface area contributed by atoms with Gasteiger partial charge in [0.05, 0.1) is 35.5 Å². The molecule has 4 heterocycles. The number of benzene rings is 1. The number of aryl methyl sites for hydroxylation is 2. The lowest BCUT2D eigenvalue weighted by Gasteiger charge is -2.38. The number of carbonyl (C=O) groups excluding carboxylic acids is 1. The van der Waals surface area contributed by atoms with E-state index in [1.807, 2.05) is 18.9 Å². The van der Waals surface area contributed by atoms with E-state index in [9.17, 15) is 18.0 Å². The molecule has 0 saturated carbocycles. The summed E-state index contributed by atoms with van der Waals surface area (Å²) in [6, 6.07) is 4.01. The van der Waals surface area contributed by atoms with Crippen molar-refractivity contribution in [1.29, 1.82) is 0 Å². The standard InChI is InChI=1S/C24H24F3N7O/c1-15-13-30-31(2)23(15)20-12-22(19(27)14-28-20)32-5-7-33(8-6-32)24(35)34-21(3-4-29-34)16-9-17(25)11-18(26)10-16/h4,9-14,21H,3,5-8H2,1-2H3/t21-/m0/s1. The highest BCUT2D eigenvalue weighted by atomic mass is 19.1. The molecule has 11 heteroatoms. The summed E-state index contributed by atoms with van der Waals surface area (Å²) in [4.78, 5) is 20.9. The Morgan fingerprint density at radius 1 is 1.00 bits per heavy atom. The minimum Gasteiger partial charge on any atom is -0.366 e. The molecule has 1 saturated heterocycles. The second kappa shape index (κ2) is 9.05. The second-order valence-electron chi connectivity index (χ2n) is 8.67. The van der Waals surface area contributed by atoms with Crippen LogP contribution in [0.1, 0.15) is 23.6 Å². The molecule has 0 aliphatic carbocycles. The summed E-state index contributed by atoms with van der Waals surface area (Å²) >= 11 is 0. The maximum Gasteiger partial charge on any atom is 0.341 e. The molecular weight excluding hydrogens is 459 g/mol. The average Bonchev–Trinajstić information content (AvgIpc) is 3.45. The molecule has 0 spiro atoms. The van der Waals surface area contributed by atoms with Crippen LogP contribution in [-0.4, -0.2) is 63.1 Å². The van der Waals surface area contributed by atoms with Gasteiger partial charge in [-0.3, -0.25) is 9.67 Å². The summed E-state index contributed by atoms with van der Waals surface area (Å²) in [5, 5.41) is 9.65. The van der Waals surface area contributed by atoms with Gasteiger partial charge in [-0.05, 0) is 36.2 Å². The number of nitrogens with zero attached hydrogens (tertiary/aromatic N) is 7. The van der Waals surface area contributed by atoms with Gasteiger partial charge < -0.3 is 9.80 Å². The number of pyridine rings is 1. The van der Waals surface area contributed by atoms with Crippen molar-refractivity contribution < 1.29 is 18.0 Å². The van der Waals surface area contributed by atoms with Crippen LogP contribution in [-0.2, 0) is 7.05 Å². The lowest BCUT2D eigenvalue weighted by Crippen LogP contribution is -2.52. The van der Waals surface area contributed by atoms with E-state index in [1.165, 1.54) is 23.3 Å². The Labute approximate surface area is 200 Å². The zero-order valence-corrected chi connectivity index (χ0v) is 19.3. The summed E-state index contributed by atoms with van der Waals surface area (Å²) in [5.74, 6) is -1.84. The van der Waals surface area contributed by atoms with Crippen molar-refractivity contribution in [2.45, 2.75) is 19.4 Å². The highest BCUT2D eigenvalue weighted by Crippen LogP contribution is 2.31. The molecule has 1 fully saturated rings. The number of rotatable bonds is 3. The fourth-order valence-electron chi connectivity index (χ4n) is 4.64. The molecule has 182 valence electrons. The van der Waals surface area contributed by atoms with Gasteiger partial charge in [-0.2, -0.15) is 10.2 Å². The van der Waals surface area contributed by atoms with Gasteiger partial charge in [0.25, 0.3) is 0 Å². The third-order valence-electron chi connectivity index (χ3n) is 6.39. The molecule has 0 unspecified atom stereocenters. The molecular formula is C24H24F3N7O. The number of piperazine rings is 1. The minimum atomic E-state index is -0.701. The first kappa shape index (κ1) is 22.9. The molecule has 0 N–H and O–H groups in total. The monoisotopic (exact) mass is 483 g/mol. The van der Waals surface area contributed by atoms with E-state index in [-0.39, 0.29) is 6.03 Å². The Balaban J connectivity index is 1.29. The third-order valence-corrected chi connectivity index (χ3v) is 6.39. The summed E-state index contributed by atoms with van der Waals surface area (Å²) < 4.78 is 43.9. The molecule has 2 aromatic heterocycles. The van der Waals surface area contributed by atoms with Gasteiger partial charge >= 0.3 is 6.03 Å². The van der Waals surface area contributed by atoms with Crippen LogP contribution in [0.4, 0.5) is 23.7 Å². The molecule has 2 aliphatic rings. The highest BCUT2D eigenvalue weighted by Gasteiger charge is 2.34. The Kier molecular flexibility index (Phi) is 5.91. The van der Waals surface area contributed by atoms with Crippen LogP contribution in [0.3, 0.4) is 0 Å². The van der Waals surface area contributed by atoms with Crippen LogP contribution in [0.15, 0.2) is 41.8 Å². The first-order chi connectivity index (χ1) is 16.8. The lowest BCUT2D eigenvalue weighted by atomic mass is 10.0. The normalized spacial score (nSPS) is 18.0. The van der Waals surface area contributed by atoms with Gasteiger partial charge in [-0.1, -0.05) is 0 Å². The van der Waals surface area contributed by atoms with E-state index >= 15 is 0 Å².